The molecule has 2 N–H and O–H groups in total. The van der Waals surface area contributed by atoms with Gasteiger partial charge in [-0.1, -0.05) is 0 Å². The normalized spacial score (nSPS) is 11.0. The molecule has 0 saturated carbocycles. The zero-order valence-electron chi connectivity index (χ0n) is 18.0. The molecule has 3 rings (SSSR count). The molecule has 31 heavy (non-hydrogen) atoms. The Morgan fingerprint density at radius 2 is 1.90 bits per heavy atom. The molecule has 0 aliphatic carbocycles. The monoisotopic (exact) mass is 422 g/mol. The number of methoxy groups -OCH3 is 1. The fourth-order valence-corrected chi connectivity index (χ4v) is 2.81. The molecular formula is C23H26N4O4. The van der Waals surface area contributed by atoms with Crippen LogP contribution in [0.3, 0.4) is 0 Å². The Labute approximate surface area is 180 Å². The van der Waals surface area contributed by atoms with Crippen LogP contribution in [0.4, 0.5) is 5.95 Å². The number of nitrogens with zero attached hydrogens (tertiary/aromatic N) is 2. The van der Waals surface area contributed by atoms with Crippen molar-refractivity contribution >= 4 is 12.2 Å². The van der Waals surface area contributed by atoms with E-state index >= 15 is 0 Å². The summed E-state index contributed by atoms with van der Waals surface area (Å²) in [7, 11) is 1.60. The van der Waals surface area contributed by atoms with Crippen LogP contribution in [0.25, 0.3) is 11.3 Å². The lowest BCUT2D eigenvalue weighted by atomic mass is 10.1. The third kappa shape index (κ3) is 6.08. The van der Waals surface area contributed by atoms with Crippen LogP contribution in [-0.2, 0) is 0 Å². The highest BCUT2D eigenvalue weighted by molar-refractivity contribution is 5.81. The topological polar surface area (TPSA) is 97.8 Å². The number of nitrogens with one attached hydrogen (secondary N) is 2. The Bertz CT molecular complexity index is 1090. The summed E-state index contributed by atoms with van der Waals surface area (Å²) >= 11 is 0. The summed E-state index contributed by atoms with van der Waals surface area (Å²) in [5.74, 6) is 2.29. The van der Waals surface area contributed by atoms with Crippen LogP contribution in [-0.4, -0.2) is 36.0 Å². The van der Waals surface area contributed by atoms with E-state index in [0.717, 1.165) is 16.9 Å². The molecule has 3 aromatic rings. The number of hydrogen-bond donors (Lipinski definition) is 2. The van der Waals surface area contributed by atoms with Gasteiger partial charge in [0.25, 0.3) is 5.56 Å². The van der Waals surface area contributed by atoms with Gasteiger partial charge in [0, 0.05) is 11.6 Å². The fourth-order valence-electron chi connectivity index (χ4n) is 2.81. The largest absolute Gasteiger partial charge is 0.497 e. The molecule has 2 aromatic carbocycles. The summed E-state index contributed by atoms with van der Waals surface area (Å²) in [6.07, 6.45) is 1.66. The number of aromatic nitrogens is 2. The number of hydrogen-bond acceptors (Lipinski definition) is 7. The van der Waals surface area contributed by atoms with Crippen LogP contribution in [0.1, 0.15) is 26.3 Å². The second-order valence-electron chi connectivity index (χ2n) is 6.88. The van der Waals surface area contributed by atoms with E-state index in [1.165, 1.54) is 6.07 Å². The molecule has 0 fully saturated rings. The number of anilines is 1. The van der Waals surface area contributed by atoms with Gasteiger partial charge >= 0.3 is 0 Å². The highest BCUT2D eigenvalue weighted by Gasteiger charge is 2.08. The van der Waals surface area contributed by atoms with E-state index in [0.29, 0.717) is 23.8 Å². The maximum absolute atomic E-state index is 12.0. The van der Waals surface area contributed by atoms with E-state index in [2.05, 4.69) is 20.5 Å². The predicted octanol–water partition coefficient (Wildman–Crippen LogP) is 4.08. The molecule has 0 aliphatic heterocycles. The predicted molar refractivity (Wildman–Crippen MR) is 121 cm³/mol. The van der Waals surface area contributed by atoms with Crippen LogP contribution < -0.4 is 25.2 Å². The van der Waals surface area contributed by atoms with Crippen molar-refractivity contribution in [2.24, 2.45) is 5.10 Å². The van der Waals surface area contributed by atoms with Crippen molar-refractivity contribution in [2.45, 2.75) is 26.9 Å². The average Bonchev–Trinajstić information content (AvgIpc) is 2.75. The number of H-pyrrole nitrogens is 1. The number of ether oxygens (including phenoxy) is 3. The molecule has 8 heteroatoms. The van der Waals surface area contributed by atoms with Crippen LogP contribution in [0.15, 0.2) is 58.4 Å². The third-order valence-corrected chi connectivity index (χ3v) is 4.14. The first-order chi connectivity index (χ1) is 15.0. The van der Waals surface area contributed by atoms with Crippen molar-refractivity contribution in [1.82, 2.24) is 9.97 Å². The lowest BCUT2D eigenvalue weighted by Gasteiger charge is -2.14. The van der Waals surface area contributed by atoms with Crippen molar-refractivity contribution in [3.05, 3.63) is 64.4 Å². The molecule has 0 radical (unpaired) electrons. The number of rotatable bonds is 9. The van der Waals surface area contributed by atoms with Gasteiger partial charge in [-0.15, -0.1) is 0 Å². The quantitative estimate of drug-likeness (QED) is 0.398. The van der Waals surface area contributed by atoms with Gasteiger partial charge in [0.1, 0.15) is 5.75 Å². The zero-order valence-corrected chi connectivity index (χ0v) is 18.0. The Kier molecular flexibility index (Phi) is 7.26. The van der Waals surface area contributed by atoms with Crippen LogP contribution in [0.5, 0.6) is 17.2 Å². The van der Waals surface area contributed by atoms with Crippen molar-refractivity contribution in [3.8, 4) is 28.5 Å². The van der Waals surface area contributed by atoms with Crippen molar-refractivity contribution in [1.29, 1.82) is 0 Å². The van der Waals surface area contributed by atoms with Crippen LogP contribution >= 0.6 is 0 Å². The van der Waals surface area contributed by atoms with E-state index in [1.807, 2.05) is 63.2 Å². The maximum Gasteiger partial charge on any atom is 0.252 e. The molecule has 0 saturated heterocycles. The van der Waals surface area contributed by atoms with Gasteiger partial charge in [0.2, 0.25) is 5.95 Å². The molecule has 0 unspecified atom stereocenters. The number of hydrazone groups is 1. The Hall–Kier alpha value is -3.81. The molecule has 162 valence electrons. The van der Waals surface area contributed by atoms with E-state index in [9.17, 15) is 4.79 Å². The fraction of sp³-hybridized carbons (Fsp3) is 0.261. The molecular weight excluding hydrogens is 396 g/mol. The van der Waals surface area contributed by atoms with E-state index < -0.39 is 0 Å². The maximum atomic E-state index is 12.0. The minimum Gasteiger partial charge on any atom is -0.497 e. The van der Waals surface area contributed by atoms with E-state index in [4.69, 9.17) is 14.2 Å². The third-order valence-electron chi connectivity index (χ3n) is 4.14. The summed E-state index contributed by atoms with van der Waals surface area (Å²) in [6.45, 7) is 6.36. The second-order valence-corrected chi connectivity index (χ2v) is 6.88. The highest BCUT2D eigenvalue weighted by atomic mass is 16.5. The molecule has 0 amide bonds. The first-order valence-electron chi connectivity index (χ1n) is 9.97. The summed E-state index contributed by atoms with van der Waals surface area (Å²) in [4.78, 5) is 19.1. The first-order valence-corrected chi connectivity index (χ1v) is 9.97. The second kappa shape index (κ2) is 10.3. The van der Waals surface area contributed by atoms with Gasteiger partial charge in [-0.2, -0.15) is 5.10 Å². The van der Waals surface area contributed by atoms with Crippen molar-refractivity contribution in [3.63, 3.8) is 0 Å². The number of aromatic amines is 1. The van der Waals surface area contributed by atoms with Crippen molar-refractivity contribution < 1.29 is 14.2 Å². The first kappa shape index (κ1) is 21.9. The molecule has 0 spiro atoms. The smallest absolute Gasteiger partial charge is 0.252 e. The Morgan fingerprint density at radius 1 is 1.13 bits per heavy atom. The summed E-state index contributed by atoms with van der Waals surface area (Å²) < 4.78 is 16.6. The van der Waals surface area contributed by atoms with E-state index in [-0.39, 0.29) is 17.6 Å². The van der Waals surface area contributed by atoms with Crippen LogP contribution in [0, 0.1) is 0 Å². The van der Waals surface area contributed by atoms with Crippen LogP contribution in [0.2, 0.25) is 0 Å². The Balaban J connectivity index is 1.76. The van der Waals surface area contributed by atoms with Gasteiger partial charge in [-0.3, -0.25) is 9.78 Å². The van der Waals surface area contributed by atoms with E-state index in [1.54, 1.807) is 13.3 Å². The summed E-state index contributed by atoms with van der Waals surface area (Å²) in [5, 5.41) is 4.18. The molecule has 0 atom stereocenters. The molecule has 1 aromatic heterocycles. The van der Waals surface area contributed by atoms with Gasteiger partial charge < -0.3 is 14.2 Å². The SMILES string of the molecule is CCOc1cc(/C=N\Nc2nc(-c3ccc(OC)cc3)cc(=O)[nH]2)ccc1OC(C)C. The zero-order chi connectivity index (χ0) is 22.2. The molecule has 0 aliphatic rings. The van der Waals surface area contributed by atoms with Crippen molar-refractivity contribution in [2.75, 3.05) is 19.1 Å². The lowest BCUT2D eigenvalue weighted by Crippen LogP contribution is -2.10. The van der Waals surface area contributed by atoms with Gasteiger partial charge in [0.15, 0.2) is 11.5 Å². The van der Waals surface area contributed by atoms with Gasteiger partial charge in [-0.05, 0) is 68.8 Å². The highest BCUT2D eigenvalue weighted by Crippen LogP contribution is 2.29. The van der Waals surface area contributed by atoms with Gasteiger partial charge in [0.05, 0.1) is 31.7 Å². The summed E-state index contributed by atoms with van der Waals surface area (Å²) in [5.41, 5.74) is 4.61. The van der Waals surface area contributed by atoms with Gasteiger partial charge in [-0.25, -0.2) is 10.4 Å². The lowest BCUT2D eigenvalue weighted by molar-refractivity contribution is 0.224. The standard InChI is InChI=1S/C23H26N4O4/c1-5-30-21-12-16(6-11-20(21)31-15(2)3)14-24-27-23-25-19(13-22(28)26-23)17-7-9-18(29-4)10-8-17/h6-15H,5H2,1-4H3,(H2,25,26,27,28)/b24-14-. The number of benzene rings is 2. The minimum absolute atomic E-state index is 0.0428. The molecule has 8 nitrogen and oxygen atoms in total. The molecule has 0 bridgehead atoms. The molecule has 1 heterocycles. The summed E-state index contributed by atoms with van der Waals surface area (Å²) in [6, 6.07) is 14.3. The average molecular weight is 422 g/mol. The Morgan fingerprint density at radius 3 is 2.58 bits per heavy atom. The minimum atomic E-state index is -0.285.